The summed E-state index contributed by atoms with van der Waals surface area (Å²) in [4.78, 5) is 38.3. The lowest BCUT2D eigenvalue weighted by atomic mass is 10.0. The fourth-order valence-corrected chi connectivity index (χ4v) is 4.93. The van der Waals surface area contributed by atoms with Gasteiger partial charge in [0, 0.05) is 19.0 Å². The maximum Gasteiger partial charge on any atom is 0.289 e. The lowest BCUT2D eigenvalue weighted by Crippen LogP contribution is -2.54. The van der Waals surface area contributed by atoms with Crippen LogP contribution in [0.15, 0.2) is 45.8 Å². The fraction of sp³-hybridized carbons (Fsp3) is 0.478. The summed E-state index contributed by atoms with van der Waals surface area (Å²) < 4.78 is 33.3. The summed E-state index contributed by atoms with van der Waals surface area (Å²) in [7, 11) is -3.96. The normalized spacial score (nSPS) is 18.5. The number of hydrogen-bond acceptors (Lipinski definition) is 7. The summed E-state index contributed by atoms with van der Waals surface area (Å²) in [5, 5.41) is 9.12. The maximum atomic E-state index is 13.1. The van der Waals surface area contributed by atoms with Crippen molar-refractivity contribution in [1.29, 1.82) is 0 Å². The SMILES string of the molecule is CC(C)CC(NS(=O)(=O)c1ccccc1)C(=O)NC1CCCc2cc(on2)CCNC(=O)C1=O. The minimum Gasteiger partial charge on any atom is -0.361 e. The molecular weight excluding hydrogens is 460 g/mol. The molecule has 2 aromatic rings. The van der Waals surface area contributed by atoms with Crippen LogP contribution in [0.25, 0.3) is 0 Å². The first kappa shape index (κ1) is 25.6. The Labute approximate surface area is 198 Å². The number of benzene rings is 1. The van der Waals surface area contributed by atoms with Crippen molar-refractivity contribution in [3.63, 3.8) is 0 Å². The molecule has 2 unspecified atom stereocenters. The number of nitrogens with one attached hydrogen (secondary N) is 3. The second kappa shape index (κ2) is 11.4. The number of nitrogens with zero attached hydrogens (tertiary/aromatic N) is 1. The molecule has 10 nitrogen and oxygen atoms in total. The van der Waals surface area contributed by atoms with Gasteiger partial charge in [0.2, 0.25) is 21.7 Å². The zero-order chi connectivity index (χ0) is 24.7. The largest absolute Gasteiger partial charge is 0.361 e. The van der Waals surface area contributed by atoms with E-state index < -0.39 is 39.7 Å². The number of sulfonamides is 1. The molecule has 0 saturated carbocycles. The van der Waals surface area contributed by atoms with Crippen molar-refractivity contribution >= 4 is 27.6 Å². The summed E-state index contributed by atoms with van der Waals surface area (Å²) in [6.07, 6.45) is 1.79. The van der Waals surface area contributed by atoms with Gasteiger partial charge in [0.25, 0.3) is 5.91 Å². The van der Waals surface area contributed by atoms with Gasteiger partial charge in [0.15, 0.2) is 0 Å². The third-order valence-corrected chi connectivity index (χ3v) is 6.91. The molecule has 2 amide bonds. The average molecular weight is 491 g/mol. The van der Waals surface area contributed by atoms with Crippen LogP contribution in [0.1, 0.15) is 44.6 Å². The van der Waals surface area contributed by atoms with Crippen LogP contribution in [-0.2, 0) is 37.2 Å². The standard InChI is InChI=1S/C23H30N4O6S/c1-15(2)13-20(27-34(31,32)18-8-4-3-5-9-18)22(29)25-19-10-6-7-16-14-17(33-26-16)11-12-24-23(30)21(19)28/h3-5,8-9,14-15,19-20,27H,6-7,10-13H2,1-2H3,(H,24,30)(H,25,29). The van der Waals surface area contributed by atoms with Gasteiger partial charge in [-0.2, -0.15) is 4.72 Å². The van der Waals surface area contributed by atoms with E-state index in [4.69, 9.17) is 4.52 Å². The Hall–Kier alpha value is -3.05. The summed E-state index contributed by atoms with van der Waals surface area (Å²) in [5.41, 5.74) is 0.729. The van der Waals surface area contributed by atoms with E-state index in [0.717, 1.165) is 5.69 Å². The number of aryl methyl sites for hydroxylation is 1. The molecule has 1 aliphatic heterocycles. The molecule has 2 bridgehead atoms. The Morgan fingerprint density at radius 2 is 1.94 bits per heavy atom. The van der Waals surface area contributed by atoms with Gasteiger partial charge in [-0.15, -0.1) is 0 Å². The molecule has 0 radical (unpaired) electrons. The van der Waals surface area contributed by atoms with E-state index in [9.17, 15) is 22.8 Å². The minimum atomic E-state index is -3.96. The number of Topliss-reactive ketones (excluding diaryl/α,β-unsaturated/α-hetero) is 1. The molecule has 184 valence electrons. The highest BCUT2D eigenvalue weighted by Gasteiger charge is 2.32. The molecule has 3 N–H and O–H groups in total. The van der Waals surface area contributed by atoms with Crippen molar-refractivity contribution in [3.8, 4) is 0 Å². The Morgan fingerprint density at radius 1 is 1.21 bits per heavy atom. The van der Waals surface area contributed by atoms with Gasteiger partial charge < -0.3 is 15.2 Å². The lowest BCUT2D eigenvalue weighted by molar-refractivity contribution is -0.140. The summed E-state index contributed by atoms with van der Waals surface area (Å²) >= 11 is 0. The van der Waals surface area contributed by atoms with Gasteiger partial charge in [0.1, 0.15) is 11.8 Å². The van der Waals surface area contributed by atoms with Crippen LogP contribution in [0, 0.1) is 5.92 Å². The van der Waals surface area contributed by atoms with Crippen LogP contribution >= 0.6 is 0 Å². The molecule has 1 aromatic carbocycles. The number of ketones is 1. The van der Waals surface area contributed by atoms with Gasteiger partial charge in [-0.25, -0.2) is 8.42 Å². The first-order valence-corrected chi connectivity index (χ1v) is 12.8. The fourth-order valence-electron chi connectivity index (χ4n) is 3.70. The predicted octanol–water partition coefficient (Wildman–Crippen LogP) is 1.12. The maximum absolute atomic E-state index is 13.1. The van der Waals surface area contributed by atoms with E-state index in [1.165, 1.54) is 12.1 Å². The van der Waals surface area contributed by atoms with Crippen molar-refractivity contribution < 1.29 is 27.3 Å². The third-order valence-electron chi connectivity index (χ3n) is 5.42. The average Bonchev–Trinajstić information content (AvgIpc) is 3.24. The topological polar surface area (TPSA) is 147 Å². The van der Waals surface area contributed by atoms with E-state index >= 15 is 0 Å². The van der Waals surface area contributed by atoms with E-state index in [0.29, 0.717) is 25.0 Å². The third kappa shape index (κ3) is 6.97. The van der Waals surface area contributed by atoms with E-state index in [-0.39, 0.29) is 30.2 Å². The van der Waals surface area contributed by atoms with Gasteiger partial charge in [0.05, 0.1) is 16.6 Å². The quantitative estimate of drug-likeness (QED) is 0.493. The number of hydrogen-bond donors (Lipinski definition) is 3. The van der Waals surface area contributed by atoms with Crippen molar-refractivity contribution in [3.05, 3.63) is 47.9 Å². The molecule has 11 heteroatoms. The minimum absolute atomic E-state index is 0.00843. The second-order valence-corrected chi connectivity index (χ2v) is 10.4. The Morgan fingerprint density at radius 3 is 2.65 bits per heavy atom. The summed E-state index contributed by atoms with van der Waals surface area (Å²) in [5.74, 6) is -1.63. The Bertz CT molecular complexity index is 1110. The van der Waals surface area contributed by atoms with Crippen LogP contribution in [0.4, 0.5) is 0 Å². The molecule has 0 fully saturated rings. The number of amides is 2. The Balaban J connectivity index is 1.76. The van der Waals surface area contributed by atoms with Crippen LogP contribution in [0.5, 0.6) is 0 Å². The van der Waals surface area contributed by atoms with Crippen LogP contribution in [0.2, 0.25) is 0 Å². The van der Waals surface area contributed by atoms with Crippen LogP contribution in [-0.4, -0.2) is 49.8 Å². The summed E-state index contributed by atoms with van der Waals surface area (Å²) in [6.45, 7) is 3.91. The van der Waals surface area contributed by atoms with Gasteiger partial charge in [-0.3, -0.25) is 14.4 Å². The molecule has 1 aromatic heterocycles. The number of fused-ring (bicyclic) bond motifs is 2. The van der Waals surface area contributed by atoms with E-state index in [1.807, 2.05) is 13.8 Å². The molecule has 2 heterocycles. The molecule has 0 saturated heterocycles. The molecule has 34 heavy (non-hydrogen) atoms. The smallest absolute Gasteiger partial charge is 0.289 e. The van der Waals surface area contributed by atoms with Crippen LogP contribution < -0.4 is 15.4 Å². The van der Waals surface area contributed by atoms with Gasteiger partial charge in [-0.1, -0.05) is 37.2 Å². The van der Waals surface area contributed by atoms with E-state index in [1.54, 1.807) is 24.3 Å². The molecule has 0 spiro atoms. The number of aromatic nitrogens is 1. The number of carbonyl (C=O) groups is 3. The number of rotatable bonds is 7. The van der Waals surface area contributed by atoms with E-state index in [2.05, 4.69) is 20.5 Å². The first-order chi connectivity index (χ1) is 16.2. The van der Waals surface area contributed by atoms with Crippen molar-refractivity contribution in [2.24, 2.45) is 5.92 Å². The second-order valence-electron chi connectivity index (χ2n) is 8.72. The highest BCUT2D eigenvalue weighted by atomic mass is 32.2. The van der Waals surface area contributed by atoms with Crippen molar-refractivity contribution in [1.82, 2.24) is 20.5 Å². The summed E-state index contributed by atoms with van der Waals surface area (Å²) in [6, 6.07) is 7.34. The molecule has 3 rings (SSSR count). The predicted molar refractivity (Wildman–Crippen MR) is 123 cm³/mol. The van der Waals surface area contributed by atoms with Gasteiger partial charge in [-0.05, 0) is 43.7 Å². The molecule has 1 aliphatic rings. The van der Waals surface area contributed by atoms with Crippen molar-refractivity contribution in [2.75, 3.05) is 6.54 Å². The first-order valence-electron chi connectivity index (χ1n) is 11.3. The van der Waals surface area contributed by atoms with Gasteiger partial charge >= 0.3 is 0 Å². The highest BCUT2D eigenvalue weighted by molar-refractivity contribution is 7.89. The molecule has 0 aliphatic carbocycles. The Kier molecular flexibility index (Phi) is 8.56. The van der Waals surface area contributed by atoms with Crippen molar-refractivity contribution in [2.45, 2.75) is 62.9 Å². The number of carbonyl (C=O) groups excluding carboxylic acids is 3. The van der Waals surface area contributed by atoms with Crippen LogP contribution in [0.3, 0.4) is 0 Å². The highest BCUT2D eigenvalue weighted by Crippen LogP contribution is 2.14. The zero-order valence-corrected chi connectivity index (χ0v) is 20.1. The molecular formula is C23H30N4O6S. The zero-order valence-electron chi connectivity index (χ0n) is 19.2. The lowest BCUT2D eigenvalue weighted by Gasteiger charge is -2.24. The monoisotopic (exact) mass is 490 g/mol. The molecule has 2 atom stereocenters.